The van der Waals surface area contributed by atoms with Crippen molar-refractivity contribution in [2.24, 2.45) is 0 Å². The van der Waals surface area contributed by atoms with Gasteiger partial charge in [0, 0.05) is 658 Å². The molecular formula is H2S85. The zero-order chi connectivity index (χ0) is 60.7. The molecule has 85 heavy (non-hydrogen) atoms. The van der Waals surface area contributed by atoms with Crippen molar-refractivity contribution in [3.05, 3.63) is 0 Å². The van der Waals surface area contributed by atoms with Gasteiger partial charge in [-0.25, -0.2) is 0 Å². The van der Waals surface area contributed by atoms with Gasteiger partial charge in [-0.1, -0.05) is 23.3 Å². The molecule has 0 rings (SSSR count). The Morgan fingerprint density at radius 1 is 0.0588 bits per heavy atom. The third-order valence-electron chi connectivity index (χ3n) is 2.28. The Balaban J connectivity index is 3.08. The van der Waals surface area contributed by atoms with Crippen LogP contribution < -0.4 is 0 Å². The Labute approximate surface area is 814 Å². The molecule has 0 N–H and O–H groups in total. The first kappa shape index (κ1) is 115. The predicted octanol–water partition coefficient (Wildman–Crippen LogP) is 54.6. The quantitative estimate of drug-likeness (QED) is 0.0337. The molecule has 0 bridgehead atoms. The van der Waals surface area contributed by atoms with Crippen LogP contribution in [0.1, 0.15) is 0 Å². The SMILES string of the molecule is SSSSSSSSSSSSSSSSSSSSSSSSSSSSSSSSSSSSSSSSSSSSSSSSSSSSSSSSSSSSSSSSSSSSSSSSSSSSSSSSSSSSS. The van der Waals surface area contributed by atoms with E-state index in [1.54, 1.807) is 98.3 Å². The molecule has 0 unspecified atom stereocenters. The van der Waals surface area contributed by atoms with E-state index in [4.69, 9.17) is 0 Å². The highest BCUT2D eigenvalue weighted by Gasteiger charge is 2.08. The Bertz CT molecular complexity index is 976. The lowest BCUT2D eigenvalue weighted by molar-refractivity contribution is 5.59. The van der Waals surface area contributed by atoms with Crippen LogP contribution >= 0.6 is 839 Å². The molecule has 0 atom stereocenters. The fourth-order valence-electron chi connectivity index (χ4n) is 0.921. The topological polar surface area (TPSA) is 0 Å². The van der Waals surface area contributed by atoms with Crippen LogP contribution in [-0.2, 0) is 0 Å². The normalized spacial score (nSPS) is 11.8. The monoisotopic (exact) mass is 2720 g/mol. The molecule has 0 saturated heterocycles. The van der Waals surface area contributed by atoms with Crippen LogP contribution in [-0.4, -0.2) is 0 Å². The van der Waals surface area contributed by atoms with E-state index in [1.807, 2.05) is 698 Å². The molecule has 0 aliphatic carbocycles. The fourth-order valence-corrected chi connectivity index (χ4v) is 224. The van der Waals surface area contributed by atoms with Crippen molar-refractivity contribution in [3.63, 3.8) is 0 Å². The fraction of sp³-hybridized carbons (Fsp3) is 0. The number of rotatable bonds is 82. The lowest BCUT2D eigenvalue weighted by Gasteiger charge is -2.00. The van der Waals surface area contributed by atoms with Gasteiger partial charge < -0.3 is 0 Å². The number of thiol groups is 2. The summed E-state index contributed by atoms with van der Waals surface area (Å²) in [6.07, 6.45) is 0. The third kappa shape index (κ3) is 114. The van der Waals surface area contributed by atoms with Gasteiger partial charge in [0.1, 0.15) is 0 Å². The predicted molar refractivity (Wildman–Crippen MR) is 648 cm³/mol. The highest BCUT2D eigenvalue weighted by atomic mass is 34.1. The van der Waals surface area contributed by atoms with Gasteiger partial charge in [-0.2, -0.15) is 0 Å². The summed E-state index contributed by atoms with van der Waals surface area (Å²) in [6, 6.07) is 0. The standard InChI is InChI=1S/H2S85/c1-3-5-7-9-11-13-15-17-19-21-23-25-27-29-31-33-35-37-39-41-43-45-47-49-51-53-55-57-59-61-63-65-67-69-71-73-75-77-79-81-83-85-84-82-80-78-76-74-72-70-68-66-64-62-60-58-56-54-52-50-48-46-44-42-40-38-36-34-32-30-28-26-24-22-20-18-16-14-12-10-8-6-4-2/h1-2H. The van der Waals surface area contributed by atoms with E-state index < -0.39 is 0 Å². The highest BCUT2D eigenvalue weighted by Crippen LogP contribution is 2.72. The first-order valence-electron chi connectivity index (χ1n) is 14.0. The van der Waals surface area contributed by atoms with Gasteiger partial charge >= 0.3 is 0 Å². The van der Waals surface area contributed by atoms with Crippen molar-refractivity contribution in [3.8, 4) is 0 Å². The van der Waals surface area contributed by atoms with E-state index in [-0.39, 0.29) is 0 Å². The minimum atomic E-state index is 1.49. The van der Waals surface area contributed by atoms with Crippen LogP contribution in [0.5, 0.6) is 0 Å². The summed E-state index contributed by atoms with van der Waals surface area (Å²) in [5.74, 6) is 0. The zero-order valence-electron chi connectivity index (χ0n) is 34.8. The third-order valence-corrected chi connectivity index (χ3v) is 185. The van der Waals surface area contributed by atoms with Crippen LogP contribution in [0.25, 0.3) is 0 Å². The first-order chi connectivity index (χ1) is 42.4. The highest BCUT2D eigenvalue weighted by molar-refractivity contribution is 9.67. The van der Waals surface area contributed by atoms with Gasteiger partial charge in [-0.3, -0.25) is 0 Å². The second kappa shape index (κ2) is 114. The molecule has 0 aliphatic rings. The lowest BCUT2D eigenvalue weighted by atomic mass is 30.1. The van der Waals surface area contributed by atoms with Crippen molar-refractivity contribution in [2.45, 2.75) is 0 Å². The summed E-state index contributed by atoms with van der Waals surface area (Å²) < 4.78 is 0. The molecule has 0 radical (unpaired) electrons. The summed E-state index contributed by atoms with van der Waals surface area (Å²) in [7, 11) is 150. The van der Waals surface area contributed by atoms with Crippen LogP contribution in [0.3, 0.4) is 0 Å². The molecule has 0 fully saturated rings. The minimum absolute atomic E-state index is 1.49. The summed E-state index contributed by atoms with van der Waals surface area (Å²) >= 11 is 8.20. The van der Waals surface area contributed by atoms with Gasteiger partial charge in [-0.05, 0) is 157 Å². The lowest BCUT2D eigenvalue weighted by Crippen LogP contribution is -1.35. The van der Waals surface area contributed by atoms with Crippen LogP contribution in [0, 0.1) is 0 Å². The molecule has 0 saturated carbocycles. The molecule has 0 aliphatic heterocycles. The maximum Gasteiger partial charge on any atom is 0 e. The molecule has 0 heterocycles. The van der Waals surface area contributed by atoms with Gasteiger partial charge in [0.2, 0.25) is 0 Å². The van der Waals surface area contributed by atoms with E-state index in [0.29, 0.717) is 0 Å². The summed E-state index contributed by atoms with van der Waals surface area (Å²) in [5, 5.41) is 0. The first-order valence-corrected chi connectivity index (χ1v) is 126. The molecule has 0 nitrogen and oxygen atoms in total. The van der Waals surface area contributed by atoms with E-state index >= 15 is 0 Å². The van der Waals surface area contributed by atoms with Gasteiger partial charge in [0.15, 0.2) is 0 Å². The Hall–Kier alpha value is 29.8. The molecule has 0 spiro atoms. The average molecular weight is 2730 g/mol. The number of hydrogen-bond acceptors (Lipinski definition) is 85. The Morgan fingerprint density at radius 3 is 0.129 bits per heavy atom. The molecule has 0 aromatic heterocycles. The summed E-state index contributed by atoms with van der Waals surface area (Å²) in [4.78, 5) is 0. The molecule has 512 valence electrons. The molecular weight excluding hydrogens is 2730 g/mol. The zero-order valence-corrected chi connectivity index (χ0v) is 104. The molecule has 0 aromatic rings. The van der Waals surface area contributed by atoms with E-state index in [9.17, 15) is 0 Å². The van der Waals surface area contributed by atoms with Crippen molar-refractivity contribution < 1.29 is 0 Å². The molecule has 85 heteroatoms. The van der Waals surface area contributed by atoms with Crippen molar-refractivity contribution in [1.82, 2.24) is 0 Å². The Kier molecular flexibility index (Phi) is 154. The van der Waals surface area contributed by atoms with E-state index in [2.05, 4.69) is 23.3 Å². The van der Waals surface area contributed by atoms with Gasteiger partial charge in [-0.15, -0.1) is 0 Å². The Morgan fingerprint density at radius 2 is 0.0941 bits per heavy atom. The average Bonchev–Trinajstić information content (AvgIpc) is 3.51. The molecule has 0 aromatic carbocycles. The van der Waals surface area contributed by atoms with Crippen molar-refractivity contribution in [2.75, 3.05) is 0 Å². The summed E-state index contributed by atoms with van der Waals surface area (Å²) in [5.41, 5.74) is 0. The second-order valence-corrected chi connectivity index (χ2v) is 153. The number of hydrogen-bond donors (Lipinski definition) is 2. The van der Waals surface area contributed by atoms with Crippen LogP contribution in [0.15, 0.2) is 0 Å². The van der Waals surface area contributed by atoms with E-state index in [1.165, 1.54) is 19.7 Å². The van der Waals surface area contributed by atoms with Crippen LogP contribution in [0.4, 0.5) is 0 Å². The van der Waals surface area contributed by atoms with Gasteiger partial charge in [0.25, 0.3) is 0 Å². The maximum atomic E-state index is 4.10. The maximum absolute atomic E-state index is 4.10. The van der Waals surface area contributed by atoms with Crippen molar-refractivity contribution >= 4 is 839 Å². The summed E-state index contributed by atoms with van der Waals surface area (Å²) in [6.45, 7) is 0. The largest absolute Gasteiger partial charge is 0.0988 e. The smallest absolute Gasteiger partial charge is 0 e. The van der Waals surface area contributed by atoms with Crippen LogP contribution in [0.2, 0.25) is 0 Å². The minimum Gasteiger partial charge on any atom is -0.0988 e. The molecule has 0 amide bonds. The van der Waals surface area contributed by atoms with Gasteiger partial charge in [0.05, 0.1) is 0 Å². The van der Waals surface area contributed by atoms with E-state index in [0.717, 1.165) is 0 Å². The second-order valence-electron chi connectivity index (χ2n) is 5.66. The van der Waals surface area contributed by atoms with Crippen molar-refractivity contribution in [1.29, 1.82) is 0 Å².